The molecule has 1 fully saturated rings. The molecule has 18 N–H and O–H groups in total. The molecular formula is C72H97N17O16S. The van der Waals surface area contributed by atoms with Crippen molar-refractivity contribution in [1.82, 2.24) is 46.8 Å². The van der Waals surface area contributed by atoms with Gasteiger partial charge in [0.2, 0.25) is 51.4 Å². The molecule has 5 aromatic carbocycles. The van der Waals surface area contributed by atoms with Crippen LogP contribution in [0.2, 0.25) is 0 Å². The van der Waals surface area contributed by atoms with E-state index in [1.54, 1.807) is 92.7 Å². The van der Waals surface area contributed by atoms with Gasteiger partial charge in [-0.2, -0.15) is 15.0 Å². The van der Waals surface area contributed by atoms with Crippen LogP contribution in [0, 0.1) is 5.92 Å². The van der Waals surface area contributed by atoms with Crippen LogP contribution in [-0.4, -0.2) is 195 Å². The summed E-state index contributed by atoms with van der Waals surface area (Å²) in [7, 11) is -0.710. The lowest BCUT2D eigenvalue weighted by Gasteiger charge is -2.30. The average Bonchev–Trinajstić information content (AvgIpc) is 0.893. The van der Waals surface area contributed by atoms with Gasteiger partial charge in [-0.1, -0.05) is 68.4 Å². The molecule has 0 radical (unpaired) electrons. The number of likely N-dealkylation sites (tertiary alicyclic amines) is 1. The molecule has 106 heavy (non-hydrogen) atoms. The van der Waals surface area contributed by atoms with Gasteiger partial charge in [0.05, 0.1) is 16.3 Å². The molecule has 8 atom stereocenters. The molecule has 6 rings (SSSR count). The summed E-state index contributed by atoms with van der Waals surface area (Å²) in [5.74, 6) is -11.5. The van der Waals surface area contributed by atoms with E-state index in [0.29, 0.717) is 58.5 Å². The van der Waals surface area contributed by atoms with Crippen molar-refractivity contribution in [2.45, 2.75) is 157 Å². The average molecular weight is 1490 g/mol. The maximum atomic E-state index is 14.6. The van der Waals surface area contributed by atoms with Crippen molar-refractivity contribution >= 4 is 115 Å². The molecular weight excluding hydrogens is 1390 g/mol. The number of carboxylic acids is 3. The number of sulfonamides is 1. The van der Waals surface area contributed by atoms with E-state index in [-0.39, 0.29) is 87.8 Å². The number of azo groups is 1. The Morgan fingerprint density at radius 1 is 0.594 bits per heavy atom. The fourth-order valence-corrected chi connectivity index (χ4v) is 13.1. The van der Waals surface area contributed by atoms with Gasteiger partial charge in [-0.25, -0.2) is 13.2 Å². The van der Waals surface area contributed by atoms with Gasteiger partial charge in [0.1, 0.15) is 48.3 Å². The van der Waals surface area contributed by atoms with Gasteiger partial charge in [0.25, 0.3) is 5.91 Å². The number of anilines is 2. The van der Waals surface area contributed by atoms with Crippen molar-refractivity contribution in [3.05, 3.63) is 126 Å². The van der Waals surface area contributed by atoms with Gasteiger partial charge < -0.3 is 84.9 Å². The zero-order valence-electron chi connectivity index (χ0n) is 59.9. The van der Waals surface area contributed by atoms with E-state index in [9.17, 15) is 76.5 Å². The first-order valence-corrected chi connectivity index (χ1v) is 36.4. The SMILES string of the molecule is CC(C)C[C@H](NC(=O)[C@@H]1CCCN1C(=O)[C@H](CCC(=O)O)NS(=O)(=O)c1cccc2c(NCCN)cccc12)C(=O)N[C@@H](Cc1ccccc1)C(=O)N[C@@H](C)C(=O)N[C@@H](CCC(=O)O)C(=O)N[C@@H](CCCN=C(N)N)C(=O)N[C@@H](CCCCNC(=O)c1ccc(N=Nc2ccc(N(C)C)cc2)cc1)C(=O)O. The molecule has 0 spiro atoms. The number of rotatable bonds is 43. The number of aliphatic carboxylic acids is 3. The van der Waals surface area contributed by atoms with E-state index < -0.39 is 149 Å². The lowest BCUT2D eigenvalue weighted by molar-refractivity contribution is -0.143. The number of nitrogens with two attached hydrogens (primary N) is 3. The Balaban J connectivity index is 1.10. The Bertz CT molecular complexity index is 4050. The molecule has 5 aromatic rings. The monoisotopic (exact) mass is 1490 g/mol. The molecule has 0 aliphatic carbocycles. The second-order valence-electron chi connectivity index (χ2n) is 26.2. The van der Waals surface area contributed by atoms with Crippen LogP contribution < -0.4 is 69.4 Å². The second kappa shape index (κ2) is 41.4. The first-order valence-electron chi connectivity index (χ1n) is 34.9. The molecule has 1 aliphatic heterocycles. The number of guanidine groups is 1. The summed E-state index contributed by atoms with van der Waals surface area (Å²) in [6.07, 6.45) is -1.90. The highest BCUT2D eigenvalue weighted by Crippen LogP contribution is 2.30. The second-order valence-corrected chi connectivity index (χ2v) is 27.8. The Morgan fingerprint density at radius 2 is 1.16 bits per heavy atom. The first kappa shape index (κ1) is 83.8. The molecule has 33 nitrogen and oxygen atoms in total. The largest absolute Gasteiger partial charge is 0.481 e. The molecule has 0 bridgehead atoms. The van der Waals surface area contributed by atoms with E-state index >= 15 is 0 Å². The number of fused-ring (bicyclic) bond motifs is 1. The number of nitrogens with one attached hydrogen (secondary N) is 9. The maximum absolute atomic E-state index is 14.6. The summed E-state index contributed by atoms with van der Waals surface area (Å²) >= 11 is 0. The van der Waals surface area contributed by atoms with E-state index in [0.717, 1.165) is 10.6 Å². The van der Waals surface area contributed by atoms with Crippen LogP contribution >= 0.6 is 0 Å². The Labute approximate surface area is 614 Å². The Morgan fingerprint density at radius 3 is 1.77 bits per heavy atom. The topological polar surface area (TPSA) is 512 Å². The van der Waals surface area contributed by atoms with Crippen LogP contribution in [-0.2, 0) is 64.4 Å². The lowest BCUT2D eigenvalue weighted by atomic mass is 10.00. The molecule has 8 amide bonds. The third kappa shape index (κ3) is 26.5. The number of amides is 8. The highest BCUT2D eigenvalue weighted by Gasteiger charge is 2.41. The number of carbonyl (C=O) groups is 11. The fourth-order valence-electron chi connectivity index (χ4n) is 11.6. The number of aliphatic imine (C=N–C) groups is 1. The number of nitrogens with zero attached hydrogens (tertiary/aromatic N) is 5. The zero-order valence-corrected chi connectivity index (χ0v) is 60.7. The summed E-state index contributed by atoms with van der Waals surface area (Å²) in [5.41, 5.74) is 20.4. The quantitative estimate of drug-likeness (QED) is 0.0115. The van der Waals surface area contributed by atoms with Crippen LogP contribution in [0.4, 0.5) is 22.7 Å². The van der Waals surface area contributed by atoms with Gasteiger partial charge in [-0.05, 0) is 143 Å². The summed E-state index contributed by atoms with van der Waals surface area (Å²) in [4.78, 5) is 157. The highest BCUT2D eigenvalue weighted by molar-refractivity contribution is 7.89. The minimum Gasteiger partial charge on any atom is -0.481 e. The van der Waals surface area contributed by atoms with Crippen molar-refractivity contribution in [1.29, 1.82) is 0 Å². The molecule has 1 heterocycles. The first-order chi connectivity index (χ1) is 50.4. The van der Waals surface area contributed by atoms with Crippen LogP contribution in [0.15, 0.2) is 135 Å². The molecule has 572 valence electrons. The van der Waals surface area contributed by atoms with Gasteiger partial charge in [0.15, 0.2) is 5.96 Å². The summed E-state index contributed by atoms with van der Waals surface area (Å²) in [6.45, 7) is 5.54. The summed E-state index contributed by atoms with van der Waals surface area (Å²) in [6, 6.07) is 19.9. The minimum atomic E-state index is -4.56. The van der Waals surface area contributed by atoms with Gasteiger partial charge in [0, 0.05) is 93.8 Å². The lowest BCUT2D eigenvalue weighted by Crippen LogP contribution is -2.60. The molecule has 0 unspecified atom stereocenters. The van der Waals surface area contributed by atoms with E-state index in [4.69, 9.17) is 17.2 Å². The molecule has 0 saturated carbocycles. The molecule has 1 saturated heterocycles. The number of unbranched alkanes of at least 4 members (excludes halogenated alkanes) is 1. The van der Waals surface area contributed by atoms with E-state index in [1.165, 1.54) is 19.1 Å². The van der Waals surface area contributed by atoms with Gasteiger partial charge in [-0.3, -0.25) is 52.9 Å². The Hall–Kier alpha value is -11.1. The van der Waals surface area contributed by atoms with Crippen LogP contribution in [0.25, 0.3) is 10.8 Å². The van der Waals surface area contributed by atoms with Gasteiger partial charge >= 0.3 is 17.9 Å². The smallest absolute Gasteiger partial charge is 0.326 e. The summed E-state index contributed by atoms with van der Waals surface area (Å²) in [5, 5.41) is 60.2. The summed E-state index contributed by atoms with van der Waals surface area (Å²) < 4.78 is 30.9. The van der Waals surface area contributed by atoms with Crippen molar-refractivity contribution in [3.63, 3.8) is 0 Å². The molecule has 34 heteroatoms. The number of benzene rings is 5. The van der Waals surface area contributed by atoms with Crippen LogP contribution in [0.1, 0.15) is 114 Å². The van der Waals surface area contributed by atoms with E-state index in [1.807, 2.05) is 43.3 Å². The fraction of sp³-hybridized carbons (Fsp3) is 0.444. The van der Waals surface area contributed by atoms with Crippen molar-refractivity contribution in [2.75, 3.05) is 57.0 Å². The third-order valence-electron chi connectivity index (χ3n) is 17.2. The number of carbonyl (C=O) groups excluding carboxylic acids is 8. The number of hydrogen-bond donors (Lipinski definition) is 15. The van der Waals surface area contributed by atoms with Crippen molar-refractivity contribution in [2.24, 2.45) is 38.3 Å². The molecule has 0 aromatic heterocycles. The standard InChI is InChI=1S/C72H97N17O16S/c1-43(2)41-57(84-69(100)59-22-14-40-89(59)70(101)55(33-35-62(92)93)87-106(104,105)60-23-12-17-50-51(60)18-11-20-52(50)76-39-36-73)68(99)83-58(42-45-15-7-6-8-16-45)67(98)79-44(3)63(94)80-54(32-34-61(90)91)66(97)81-53(21-13-38-78-72(74)75)65(96)82-56(71(102)103)19-9-10-37-77-64(95)46-24-26-47(27-25-46)85-86-48-28-30-49(31-29-48)88(4)5/h6-8,11-12,15-18,20,23-31,43-44,53-59,76,87H,9-10,13-14,19,21-22,32-42,73H2,1-5H3,(H,77,95)(H,79,98)(H,80,94)(H,81,97)(H,82,96)(H,83,99)(H,84,100)(H,90,91)(H,92,93)(H,102,103)(H4,74,75,78)/t44-,53-,54-,55-,56-,57-,58-,59-/m0/s1. The zero-order chi connectivity index (χ0) is 77.6. The predicted molar refractivity (Wildman–Crippen MR) is 396 cm³/mol. The minimum absolute atomic E-state index is 0.00401. The van der Waals surface area contributed by atoms with Crippen LogP contribution in [0.5, 0.6) is 0 Å². The Kier molecular flexibility index (Phi) is 32.7. The maximum Gasteiger partial charge on any atom is 0.326 e. The van der Waals surface area contributed by atoms with Crippen molar-refractivity contribution < 1.29 is 76.5 Å². The van der Waals surface area contributed by atoms with Crippen LogP contribution in [0.3, 0.4) is 0 Å². The number of hydrogen-bond acceptors (Lipinski definition) is 19. The predicted octanol–water partition coefficient (Wildman–Crippen LogP) is 3.02. The van der Waals surface area contributed by atoms with Gasteiger partial charge in [-0.15, -0.1) is 0 Å². The number of carboxylic acid groups (broad SMARTS) is 3. The third-order valence-corrected chi connectivity index (χ3v) is 18.7. The highest BCUT2D eigenvalue weighted by atomic mass is 32.2. The molecule has 1 aliphatic rings. The van der Waals surface area contributed by atoms with E-state index in [2.05, 4.69) is 62.5 Å². The normalized spacial score (nSPS) is 14.8. The van der Waals surface area contributed by atoms with Crippen molar-refractivity contribution in [3.8, 4) is 0 Å².